The van der Waals surface area contributed by atoms with Crippen molar-refractivity contribution >= 4 is 22.6 Å². The molecule has 0 aliphatic rings. The highest BCUT2D eigenvalue weighted by atomic mass is 16.5. The van der Waals surface area contributed by atoms with Gasteiger partial charge in [0.1, 0.15) is 11.8 Å². The normalized spacial score (nSPS) is 12.8. The van der Waals surface area contributed by atoms with Crippen LogP contribution in [0.25, 0.3) is 10.8 Å². The van der Waals surface area contributed by atoms with Gasteiger partial charge in [0.2, 0.25) is 5.91 Å². The molecular weight excluding hydrogens is 388 g/mol. The van der Waals surface area contributed by atoms with E-state index in [2.05, 4.69) is 11.4 Å². The zero-order valence-electron chi connectivity index (χ0n) is 18.6. The van der Waals surface area contributed by atoms with Crippen molar-refractivity contribution in [2.45, 2.75) is 32.9 Å². The van der Waals surface area contributed by atoms with Gasteiger partial charge in [0.15, 0.2) is 0 Å². The van der Waals surface area contributed by atoms with E-state index in [-0.39, 0.29) is 17.7 Å². The minimum absolute atomic E-state index is 0.0201. The molecule has 3 aromatic carbocycles. The Bertz CT molecular complexity index is 1050. The average molecular weight is 419 g/mol. The minimum Gasteiger partial charge on any atom is -0.497 e. The number of amides is 2. The van der Waals surface area contributed by atoms with Crippen molar-refractivity contribution in [2.75, 3.05) is 14.2 Å². The fraction of sp³-hybridized carbons (Fsp3) is 0.308. The van der Waals surface area contributed by atoms with Crippen molar-refractivity contribution in [3.8, 4) is 5.75 Å². The number of benzene rings is 3. The van der Waals surface area contributed by atoms with Gasteiger partial charge in [-0.2, -0.15) is 0 Å². The van der Waals surface area contributed by atoms with Crippen LogP contribution in [0.15, 0.2) is 66.7 Å². The number of fused-ring (bicyclic) bond motifs is 1. The Labute approximate surface area is 184 Å². The Morgan fingerprint density at radius 1 is 1.00 bits per heavy atom. The monoisotopic (exact) mass is 418 g/mol. The van der Waals surface area contributed by atoms with Gasteiger partial charge in [-0.15, -0.1) is 0 Å². The molecule has 2 amide bonds. The largest absolute Gasteiger partial charge is 0.497 e. The maximum absolute atomic E-state index is 13.3. The zero-order chi connectivity index (χ0) is 22.4. The lowest BCUT2D eigenvalue weighted by Crippen LogP contribution is -2.50. The van der Waals surface area contributed by atoms with E-state index in [0.717, 1.165) is 28.5 Å². The number of hydrogen-bond acceptors (Lipinski definition) is 3. The van der Waals surface area contributed by atoms with Gasteiger partial charge in [-0.05, 0) is 52.6 Å². The van der Waals surface area contributed by atoms with Crippen LogP contribution in [-0.2, 0) is 11.3 Å². The summed E-state index contributed by atoms with van der Waals surface area (Å²) in [5.74, 6) is 0.519. The smallest absolute Gasteiger partial charge is 0.251 e. The van der Waals surface area contributed by atoms with Crippen LogP contribution in [0.1, 0.15) is 36.2 Å². The average Bonchev–Trinajstić information content (AvgIpc) is 2.81. The lowest BCUT2D eigenvalue weighted by molar-refractivity contribution is -0.133. The number of ether oxygens (including phenoxy) is 1. The second-order valence-corrected chi connectivity index (χ2v) is 7.94. The van der Waals surface area contributed by atoms with E-state index in [4.69, 9.17) is 4.74 Å². The summed E-state index contributed by atoms with van der Waals surface area (Å²) in [6.45, 7) is 4.48. The summed E-state index contributed by atoms with van der Waals surface area (Å²) in [5, 5.41) is 5.13. The van der Waals surface area contributed by atoms with E-state index < -0.39 is 6.04 Å². The van der Waals surface area contributed by atoms with Crippen molar-refractivity contribution in [1.82, 2.24) is 10.2 Å². The molecule has 5 nitrogen and oxygen atoms in total. The molecule has 3 rings (SSSR count). The van der Waals surface area contributed by atoms with E-state index >= 15 is 0 Å². The Hall–Kier alpha value is -3.34. The Kier molecular flexibility index (Phi) is 7.29. The highest BCUT2D eigenvalue weighted by molar-refractivity contribution is 5.97. The Morgan fingerprint density at radius 2 is 1.68 bits per heavy atom. The summed E-state index contributed by atoms with van der Waals surface area (Å²) in [4.78, 5) is 27.6. The summed E-state index contributed by atoms with van der Waals surface area (Å²) in [5.41, 5.74) is 1.59. The molecule has 0 unspecified atom stereocenters. The van der Waals surface area contributed by atoms with Crippen LogP contribution in [0, 0.1) is 5.92 Å². The SMILES string of the molecule is CC[C@H](C)[C@H](NC(=O)c1ccccc1)C(=O)N(C)Cc1ccc2cc(OC)ccc2c1. The molecule has 3 aromatic rings. The first-order valence-electron chi connectivity index (χ1n) is 10.6. The van der Waals surface area contributed by atoms with Crippen LogP contribution in [0.4, 0.5) is 0 Å². The fourth-order valence-corrected chi connectivity index (χ4v) is 3.59. The molecule has 0 bridgehead atoms. The van der Waals surface area contributed by atoms with E-state index in [1.54, 1.807) is 31.2 Å². The molecular formula is C26H30N2O3. The molecule has 0 saturated heterocycles. The molecule has 1 N–H and O–H groups in total. The van der Waals surface area contributed by atoms with E-state index in [1.807, 2.05) is 62.4 Å². The fourth-order valence-electron chi connectivity index (χ4n) is 3.59. The second kappa shape index (κ2) is 10.1. The molecule has 0 aliphatic carbocycles. The number of carbonyl (C=O) groups excluding carboxylic acids is 2. The highest BCUT2D eigenvalue weighted by Crippen LogP contribution is 2.22. The van der Waals surface area contributed by atoms with Gasteiger partial charge in [-0.1, -0.05) is 56.7 Å². The molecule has 0 saturated carbocycles. The Morgan fingerprint density at radius 3 is 2.35 bits per heavy atom. The quantitative estimate of drug-likeness (QED) is 0.579. The third-order valence-electron chi connectivity index (χ3n) is 5.71. The summed E-state index contributed by atoms with van der Waals surface area (Å²) < 4.78 is 5.28. The number of nitrogens with zero attached hydrogens (tertiary/aromatic N) is 1. The van der Waals surface area contributed by atoms with Gasteiger partial charge < -0.3 is 15.0 Å². The molecule has 2 atom stereocenters. The van der Waals surface area contributed by atoms with Crippen molar-refractivity contribution in [3.63, 3.8) is 0 Å². The topological polar surface area (TPSA) is 58.6 Å². The standard InChI is InChI=1S/C26H30N2O3/c1-5-18(2)24(27-25(29)20-9-7-6-8-10-20)26(30)28(3)17-19-11-12-22-16-23(31-4)14-13-21(22)15-19/h6-16,18,24H,5,17H2,1-4H3,(H,27,29)/t18-,24-/m0/s1. The molecule has 0 aromatic heterocycles. The van der Waals surface area contributed by atoms with Crippen LogP contribution in [0.2, 0.25) is 0 Å². The van der Waals surface area contributed by atoms with Crippen molar-refractivity contribution in [2.24, 2.45) is 5.92 Å². The van der Waals surface area contributed by atoms with E-state index in [0.29, 0.717) is 12.1 Å². The Balaban J connectivity index is 1.74. The van der Waals surface area contributed by atoms with Crippen LogP contribution in [0.5, 0.6) is 5.75 Å². The van der Waals surface area contributed by atoms with Crippen LogP contribution >= 0.6 is 0 Å². The van der Waals surface area contributed by atoms with Gasteiger partial charge in [-0.3, -0.25) is 9.59 Å². The number of nitrogens with one attached hydrogen (secondary N) is 1. The van der Waals surface area contributed by atoms with Crippen LogP contribution < -0.4 is 10.1 Å². The van der Waals surface area contributed by atoms with Gasteiger partial charge in [0.25, 0.3) is 5.91 Å². The zero-order valence-corrected chi connectivity index (χ0v) is 18.6. The van der Waals surface area contributed by atoms with Crippen LogP contribution in [-0.4, -0.2) is 36.9 Å². The second-order valence-electron chi connectivity index (χ2n) is 7.94. The maximum atomic E-state index is 13.3. The molecule has 31 heavy (non-hydrogen) atoms. The molecule has 0 spiro atoms. The lowest BCUT2D eigenvalue weighted by atomic mass is 9.97. The van der Waals surface area contributed by atoms with Gasteiger partial charge in [0.05, 0.1) is 7.11 Å². The number of carbonyl (C=O) groups is 2. The first kappa shape index (κ1) is 22.3. The first-order chi connectivity index (χ1) is 14.9. The lowest BCUT2D eigenvalue weighted by Gasteiger charge is -2.28. The van der Waals surface area contributed by atoms with Crippen molar-refractivity contribution in [3.05, 3.63) is 77.9 Å². The van der Waals surface area contributed by atoms with Crippen LogP contribution in [0.3, 0.4) is 0 Å². The molecule has 0 heterocycles. The number of rotatable bonds is 8. The van der Waals surface area contributed by atoms with Crippen molar-refractivity contribution < 1.29 is 14.3 Å². The number of hydrogen-bond donors (Lipinski definition) is 1. The first-order valence-corrected chi connectivity index (χ1v) is 10.6. The van der Waals surface area contributed by atoms with Gasteiger partial charge in [-0.25, -0.2) is 0 Å². The molecule has 0 aliphatic heterocycles. The van der Waals surface area contributed by atoms with E-state index in [1.165, 1.54) is 0 Å². The summed E-state index contributed by atoms with van der Waals surface area (Å²) in [7, 11) is 3.44. The summed E-state index contributed by atoms with van der Waals surface area (Å²) in [6, 6.07) is 20.5. The summed E-state index contributed by atoms with van der Waals surface area (Å²) >= 11 is 0. The highest BCUT2D eigenvalue weighted by Gasteiger charge is 2.28. The summed E-state index contributed by atoms with van der Waals surface area (Å²) in [6.07, 6.45) is 0.789. The van der Waals surface area contributed by atoms with Gasteiger partial charge in [0, 0.05) is 19.2 Å². The third kappa shape index (κ3) is 5.43. The molecule has 5 heteroatoms. The molecule has 162 valence electrons. The predicted molar refractivity (Wildman–Crippen MR) is 124 cm³/mol. The number of methoxy groups -OCH3 is 1. The van der Waals surface area contributed by atoms with Gasteiger partial charge >= 0.3 is 0 Å². The van der Waals surface area contributed by atoms with E-state index in [9.17, 15) is 9.59 Å². The molecule has 0 fully saturated rings. The van der Waals surface area contributed by atoms with Crippen molar-refractivity contribution in [1.29, 1.82) is 0 Å². The third-order valence-corrected chi connectivity index (χ3v) is 5.71. The minimum atomic E-state index is -0.576. The maximum Gasteiger partial charge on any atom is 0.251 e. The molecule has 0 radical (unpaired) electrons. The predicted octanol–water partition coefficient (Wildman–Crippen LogP) is 4.65. The number of likely N-dealkylation sites (N-methyl/N-ethyl adjacent to an activating group) is 1.